The zero-order valence-electron chi connectivity index (χ0n) is 23.9. The highest BCUT2D eigenvalue weighted by Crippen LogP contribution is 2.33. The Morgan fingerprint density at radius 1 is 0.805 bits per heavy atom. The standard InChI is InChI=1S/C34H35NO6/c1-5-39-33(38)32(37)35(21-24-12-7-6-8-13-24)22-27-19-18-26(20-30(27)40-23-31(36)41-34(2,3)4)29-17-11-15-25-14-9-10-16-28(25)29/h6-20H,5,21-23H2,1-4H3. The summed E-state index contributed by atoms with van der Waals surface area (Å²) in [5.74, 6) is -1.78. The molecule has 4 aromatic carbocycles. The minimum atomic E-state index is -0.924. The Morgan fingerprint density at radius 3 is 2.24 bits per heavy atom. The van der Waals surface area contributed by atoms with E-state index in [2.05, 4.69) is 18.2 Å². The lowest BCUT2D eigenvalue weighted by atomic mass is 9.97. The van der Waals surface area contributed by atoms with Gasteiger partial charge >= 0.3 is 17.8 Å². The molecule has 0 atom stereocenters. The van der Waals surface area contributed by atoms with Gasteiger partial charge in [0.05, 0.1) is 13.2 Å². The van der Waals surface area contributed by atoms with Crippen molar-refractivity contribution in [3.05, 3.63) is 102 Å². The molecule has 4 rings (SSSR count). The summed E-state index contributed by atoms with van der Waals surface area (Å²) in [6.45, 7) is 7.06. The zero-order chi connectivity index (χ0) is 29.4. The number of fused-ring (bicyclic) bond motifs is 1. The fraction of sp³-hybridized carbons (Fsp3) is 0.265. The van der Waals surface area contributed by atoms with Crippen LogP contribution >= 0.6 is 0 Å². The first-order chi connectivity index (χ1) is 19.6. The van der Waals surface area contributed by atoms with E-state index in [-0.39, 0.29) is 26.3 Å². The predicted molar refractivity (Wildman–Crippen MR) is 158 cm³/mol. The predicted octanol–water partition coefficient (Wildman–Crippen LogP) is 6.32. The topological polar surface area (TPSA) is 82.1 Å². The lowest BCUT2D eigenvalue weighted by molar-refractivity contribution is -0.160. The maximum absolute atomic E-state index is 13.1. The molecule has 0 saturated heterocycles. The molecule has 0 heterocycles. The average molecular weight is 554 g/mol. The first-order valence-electron chi connectivity index (χ1n) is 13.6. The van der Waals surface area contributed by atoms with Crippen LogP contribution in [0.4, 0.5) is 0 Å². The van der Waals surface area contributed by atoms with E-state index in [1.807, 2.05) is 72.8 Å². The maximum Gasteiger partial charge on any atom is 0.397 e. The number of hydrogen-bond acceptors (Lipinski definition) is 6. The zero-order valence-corrected chi connectivity index (χ0v) is 23.9. The van der Waals surface area contributed by atoms with Gasteiger partial charge < -0.3 is 19.1 Å². The van der Waals surface area contributed by atoms with Gasteiger partial charge in [-0.15, -0.1) is 0 Å². The van der Waals surface area contributed by atoms with Gasteiger partial charge in [-0.05, 0) is 61.2 Å². The summed E-state index contributed by atoms with van der Waals surface area (Å²) in [5, 5.41) is 2.17. The van der Waals surface area contributed by atoms with Gasteiger partial charge in [-0.25, -0.2) is 9.59 Å². The van der Waals surface area contributed by atoms with Crippen LogP contribution in [-0.4, -0.2) is 41.6 Å². The molecule has 7 nitrogen and oxygen atoms in total. The minimum absolute atomic E-state index is 0.0615. The summed E-state index contributed by atoms with van der Waals surface area (Å²) >= 11 is 0. The third-order valence-electron chi connectivity index (χ3n) is 6.25. The van der Waals surface area contributed by atoms with Gasteiger partial charge in [-0.1, -0.05) is 84.9 Å². The molecule has 0 radical (unpaired) electrons. The largest absolute Gasteiger partial charge is 0.482 e. The van der Waals surface area contributed by atoms with Crippen LogP contribution in [-0.2, 0) is 36.9 Å². The van der Waals surface area contributed by atoms with Crippen LogP contribution in [0, 0.1) is 0 Å². The van der Waals surface area contributed by atoms with Gasteiger partial charge in [0.1, 0.15) is 11.4 Å². The summed E-state index contributed by atoms with van der Waals surface area (Å²) in [4.78, 5) is 39.6. The number of amides is 1. The fourth-order valence-corrected chi connectivity index (χ4v) is 4.50. The van der Waals surface area contributed by atoms with E-state index in [1.165, 1.54) is 4.90 Å². The Morgan fingerprint density at radius 2 is 1.51 bits per heavy atom. The molecular formula is C34H35NO6. The van der Waals surface area contributed by atoms with E-state index >= 15 is 0 Å². The highest BCUT2D eigenvalue weighted by Gasteiger charge is 2.25. The first kappa shape index (κ1) is 29.3. The minimum Gasteiger partial charge on any atom is -0.482 e. The molecule has 0 saturated carbocycles. The van der Waals surface area contributed by atoms with Crippen LogP contribution in [0.25, 0.3) is 21.9 Å². The van der Waals surface area contributed by atoms with Crippen LogP contribution in [0.5, 0.6) is 5.75 Å². The fourth-order valence-electron chi connectivity index (χ4n) is 4.50. The van der Waals surface area contributed by atoms with Crippen molar-refractivity contribution in [2.24, 2.45) is 0 Å². The van der Waals surface area contributed by atoms with Crippen molar-refractivity contribution in [2.45, 2.75) is 46.4 Å². The Kier molecular flexibility index (Phi) is 9.40. The Hall–Kier alpha value is -4.65. The highest BCUT2D eigenvalue weighted by atomic mass is 16.6. The van der Waals surface area contributed by atoms with E-state index in [0.717, 1.165) is 27.5 Å². The summed E-state index contributed by atoms with van der Waals surface area (Å²) in [6, 6.07) is 29.2. The number of rotatable bonds is 9. The van der Waals surface area contributed by atoms with Crippen LogP contribution < -0.4 is 4.74 Å². The molecule has 4 aromatic rings. The van der Waals surface area contributed by atoms with Gasteiger partial charge in [-0.3, -0.25) is 4.79 Å². The van der Waals surface area contributed by atoms with Crippen molar-refractivity contribution in [3.63, 3.8) is 0 Å². The Labute approximate surface area is 240 Å². The summed E-state index contributed by atoms with van der Waals surface area (Å²) in [6.07, 6.45) is 0. The third-order valence-corrected chi connectivity index (χ3v) is 6.25. The van der Waals surface area contributed by atoms with E-state index < -0.39 is 23.4 Å². The molecule has 0 aliphatic rings. The number of carbonyl (C=O) groups is 3. The van der Waals surface area contributed by atoms with Gasteiger partial charge in [-0.2, -0.15) is 0 Å². The highest BCUT2D eigenvalue weighted by molar-refractivity contribution is 6.32. The lowest BCUT2D eigenvalue weighted by Gasteiger charge is -2.24. The molecule has 0 bridgehead atoms. The van der Waals surface area contributed by atoms with Gasteiger partial charge in [0.15, 0.2) is 6.61 Å². The van der Waals surface area contributed by atoms with Gasteiger partial charge in [0.2, 0.25) is 0 Å². The number of benzene rings is 4. The molecule has 0 fully saturated rings. The van der Waals surface area contributed by atoms with Crippen molar-refractivity contribution < 1.29 is 28.6 Å². The molecule has 0 spiro atoms. The molecule has 212 valence electrons. The normalized spacial score (nSPS) is 11.1. The quantitative estimate of drug-likeness (QED) is 0.178. The van der Waals surface area contributed by atoms with Crippen LogP contribution in [0.15, 0.2) is 91.0 Å². The molecule has 0 unspecified atom stereocenters. The second-order valence-corrected chi connectivity index (χ2v) is 10.6. The van der Waals surface area contributed by atoms with Crippen molar-refractivity contribution in [3.8, 4) is 16.9 Å². The number of hydrogen-bond donors (Lipinski definition) is 0. The molecule has 0 N–H and O–H groups in total. The molecule has 7 heteroatoms. The van der Waals surface area contributed by atoms with Crippen LogP contribution in [0.2, 0.25) is 0 Å². The molecular weight excluding hydrogens is 518 g/mol. The number of nitrogens with zero attached hydrogens (tertiary/aromatic N) is 1. The second kappa shape index (κ2) is 13.1. The number of carbonyl (C=O) groups excluding carboxylic acids is 3. The van der Waals surface area contributed by atoms with Crippen LogP contribution in [0.1, 0.15) is 38.8 Å². The smallest absolute Gasteiger partial charge is 0.397 e. The SMILES string of the molecule is CCOC(=O)C(=O)N(Cc1ccccc1)Cc1ccc(-c2cccc3ccccc23)cc1OCC(=O)OC(C)(C)C. The van der Waals surface area contributed by atoms with Crippen molar-refractivity contribution in [1.29, 1.82) is 0 Å². The molecule has 0 aliphatic carbocycles. The van der Waals surface area contributed by atoms with E-state index in [9.17, 15) is 14.4 Å². The molecule has 41 heavy (non-hydrogen) atoms. The first-order valence-corrected chi connectivity index (χ1v) is 13.6. The van der Waals surface area contributed by atoms with E-state index in [0.29, 0.717) is 11.3 Å². The summed E-state index contributed by atoms with van der Waals surface area (Å²) in [7, 11) is 0. The lowest BCUT2D eigenvalue weighted by Crippen LogP contribution is -2.37. The average Bonchev–Trinajstić information content (AvgIpc) is 2.95. The van der Waals surface area contributed by atoms with E-state index in [4.69, 9.17) is 14.2 Å². The van der Waals surface area contributed by atoms with Crippen molar-refractivity contribution >= 4 is 28.6 Å². The Bertz CT molecular complexity index is 1520. The monoisotopic (exact) mass is 553 g/mol. The summed E-state index contributed by atoms with van der Waals surface area (Å²) in [5.41, 5.74) is 2.71. The number of esters is 2. The number of ether oxygens (including phenoxy) is 3. The third kappa shape index (κ3) is 7.94. The van der Waals surface area contributed by atoms with E-state index in [1.54, 1.807) is 27.7 Å². The Balaban J connectivity index is 1.72. The van der Waals surface area contributed by atoms with Gasteiger partial charge in [0, 0.05) is 12.1 Å². The van der Waals surface area contributed by atoms with Crippen molar-refractivity contribution in [2.75, 3.05) is 13.2 Å². The molecule has 0 aliphatic heterocycles. The molecule has 1 amide bonds. The van der Waals surface area contributed by atoms with Crippen molar-refractivity contribution in [1.82, 2.24) is 4.90 Å². The maximum atomic E-state index is 13.1. The summed E-state index contributed by atoms with van der Waals surface area (Å²) < 4.78 is 16.5. The second-order valence-electron chi connectivity index (χ2n) is 10.6. The van der Waals surface area contributed by atoms with Crippen LogP contribution in [0.3, 0.4) is 0 Å². The molecule has 0 aromatic heterocycles. The van der Waals surface area contributed by atoms with Gasteiger partial charge in [0.25, 0.3) is 0 Å².